The lowest BCUT2D eigenvalue weighted by Crippen LogP contribution is -2.32. The molecule has 1 aromatic carbocycles. The molecule has 0 radical (unpaired) electrons. The zero-order valence-corrected chi connectivity index (χ0v) is 12.9. The third kappa shape index (κ3) is 2.93. The third-order valence-electron chi connectivity index (χ3n) is 3.49. The molecule has 0 saturated carbocycles. The molecule has 0 bridgehead atoms. The number of nitrogens with one attached hydrogen (secondary N) is 2. The number of nitrogens with zero attached hydrogens (tertiary/aromatic N) is 2. The van der Waals surface area contributed by atoms with Crippen LogP contribution < -0.4 is 22.1 Å². The quantitative estimate of drug-likeness (QED) is 0.648. The number of hydrogen-bond donors (Lipinski definition) is 4. The number of nitrogen functional groups attached to an aromatic ring is 2. The van der Waals surface area contributed by atoms with Crippen LogP contribution >= 0.6 is 11.6 Å². The van der Waals surface area contributed by atoms with Gasteiger partial charge in [0.25, 0.3) is 0 Å². The Labute approximate surface area is 140 Å². The van der Waals surface area contributed by atoms with Crippen molar-refractivity contribution in [2.75, 3.05) is 22.1 Å². The van der Waals surface area contributed by atoms with E-state index in [0.29, 0.717) is 0 Å². The number of carbonyl (C=O) groups is 2. The highest BCUT2D eigenvalue weighted by Gasteiger charge is 2.34. The van der Waals surface area contributed by atoms with Crippen molar-refractivity contribution in [3.05, 3.63) is 34.6 Å². The standard InChI is InChI=1S/C14H12ClFN6O2/c15-7-3-5(1-2-8(7)16)19-13(24)6-4-9(23)20-12-10(6)11(17)21-14(18)22-12/h1-3,6H,4H2,(H,19,24)(H5,17,18,20,21,22,23). The molecule has 1 aliphatic heterocycles. The summed E-state index contributed by atoms with van der Waals surface area (Å²) in [6.45, 7) is 0. The SMILES string of the molecule is Nc1nc(N)c2c(n1)NC(=O)CC2C(=O)Nc1ccc(F)c(Cl)c1. The first kappa shape index (κ1) is 15.9. The van der Waals surface area contributed by atoms with Crippen molar-refractivity contribution in [2.45, 2.75) is 12.3 Å². The Bertz CT molecular complexity index is 859. The van der Waals surface area contributed by atoms with E-state index in [0.717, 1.165) is 6.07 Å². The number of fused-ring (bicyclic) bond motifs is 1. The van der Waals surface area contributed by atoms with Crippen LogP contribution in [0.3, 0.4) is 0 Å². The molecule has 0 saturated heterocycles. The lowest BCUT2D eigenvalue weighted by molar-refractivity contribution is -0.123. The Morgan fingerprint density at radius 2 is 2.12 bits per heavy atom. The van der Waals surface area contributed by atoms with Crippen molar-refractivity contribution in [1.29, 1.82) is 0 Å². The Morgan fingerprint density at radius 3 is 2.83 bits per heavy atom. The van der Waals surface area contributed by atoms with Crippen molar-refractivity contribution in [1.82, 2.24) is 9.97 Å². The maximum atomic E-state index is 13.2. The van der Waals surface area contributed by atoms with Gasteiger partial charge in [-0.25, -0.2) is 4.39 Å². The summed E-state index contributed by atoms with van der Waals surface area (Å²) in [5.41, 5.74) is 11.9. The van der Waals surface area contributed by atoms with Gasteiger partial charge in [0.2, 0.25) is 17.8 Å². The average Bonchev–Trinajstić information content (AvgIpc) is 2.49. The van der Waals surface area contributed by atoms with Gasteiger partial charge in [-0.15, -0.1) is 0 Å². The Kier molecular flexibility index (Phi) is 3.94. The molecule has 1 atom stereocenters. The van der Waals surface area contributed by atoms with Gasteiger partial charge in [-0.1, -0.05) is 11.6 Å². The van der Waals surface area contributed by atoms with Crippen molar-refractivity contribution in [3.8, 4) is 0 Å². The summed E-state index contributed by atoms with van der Waals surface area (Å²) in [7, 11) is 0. The van der Waals surface area contributed by atoms with Gasteiger partial charge in [0.15, 0.2) is 0 Å². The van der Waals surface area contributed by atoms with Gasteiger partial charge in [-0.2, -0.15) is 9.97 Å². The Balaban J connectivity index is 1.93. The van der Waals surface area contributed by atoms with Gasteiger partial charge >= 0.3 is 0 Å². The number of aromatic nitrogens is 2. The van der Waals surface area contributed by atoms with Crippen LogP contribution in [0.25, 0.3) is 0 Å². The number of hydrogen-bond acceptors (Lipinski definition) is 6. The zero-order valence-electron chi connectivity index (χ0n) is 12.1. The van der Waals surface area contributed by atoms with E-state index in [2.05, 4.69) is 20.6 Å². The van der Waals surface area contributed by atoms with Crippen LogP contribution in [-0.2, 0) is 9.59 Å². The van der Waals surface area contributed by atoms with Gasteiger partial charge < -0.3 is 22.1 Å². The lowest BCUT2D eigenvalue weighted by atomic mass is 9.92. The molecule has 2 heterocycles. The maximum Gasteiger partial charge on any atom is 0.232 e. The summed E-state index contributed by atoms with van der Waals surface area (Å²) >= 11 is 5.69. The first-order valence-corrected chi connectivity index (χ1v) is 7.21. The summed E-state index contributed by atoms with van der Waals surface area (Å²) in [4.78, 5) is 32.1. The zero-order chi connectivity index (χ0) is 17.4. The van der Waals surface area contributed by atoms with E-state index < -0.39 is 23.5 Å². The average molecular weight is 351 g/mol. The van der Waals surface area contributed by atoms with Crippen LogP contribution in [-0.4, -0.2) is 21.8 Å². The molecule has 1 aromatic heterocycles. The molecule has 2 aromatic rings. The smallest absolute Gasteiger partial charge is 0.232 e. The molecule has 0 spiro atoms. The van der Waals surface area contributed by atoms with Crippen molar-refractivity contribution in [2.24, 2.45) is 0 Å². The van der Waals surface area contributed by atoms with Crippen LogP contribution in [0.5, 0.6) is 0 Å². The predicted molar refractivity (Wildman–Crippen MR) is 86.9 cm³/mol. The van der Waals surface area contributed by atoms with Crippen LogP contribution in [0.15, 0.2) is 18.2 Å². The van der Waals surface area contributed by atoms with Crippen LogP contribution in [0.4, 0.5) is 27.7 Å². The summed E-state index contributed by atoms with van der Waals surface area (Å²) in [6, 6.07) is 3.74. The van der Waals surface area contributed by atoms with E-state index in [9.17, 15) is 14.0 Å². The molecule has 0 fully saturated rings. The van der Waals surface area contributed by atoms with E-state index in [1.165, 1.54) is 12.1 Å². The second-order valence-corrected chi connectivity index (χ2v) is 5.56. The Morgan fingerprint density at radius 1 is 1.38 bits per heavy atom. The largest absolute Gasteiger partial charge is 0.383 e. The Hall–Kier alpha value is -2.94. The molecule has 1 unspecified atom stereocenters. The maximum absolute atomic E-state index is 13.2. The summed E-state index contributed by atoms with van der Waals surface area (Å²) in [5, 5.41) is 4.94. The minimum atomic E-state index is -0.904. The molecule has 124 valence electrons. The number of nitrogens with two attached hydrogens (primary N) is 2. The number of benzene rings is 1. The van der Waals surface area contributed by atoms with Gasteiger partial charge in [0.05, 0.1) is 16.5 Å². The van der Waals surface area contributed by atoms with Crippen molar-refractivity contribution in [3.63, 3.8) is 0 Å². The van der Waals surface area contributed by atoms with Crippen molar-refractivity contribution < 1.29 is 14.0 Å². The van der Waals surface area contributed by atoms with Gasteiger partial charge in [0, 0.05) is 12.1 Å². The first-order chi connectivity index (χ1) is 11.3. The van der Waals surface area contributed by atoms with E-state index in [1.54, 1.807) is 0 Å². The number of halogens is 2. The van der Waals surface area contributed by atoms with Crippen molar-refractivity contribution >= 4 is 46.7 Å². The van der Waals surface area contributed by atoms with E-state index in [1.807, 2.05) is 0 Å². The summed E-state index contributed by atoms with van der Waals surface area (Å²) < 4.78 is 13.2. The molecule has 1 aliphatic rings. The highest BCUT2D eigenvalue weighted by atomic mass is 35.5. The lowest BCUT2D eigenvalue weighted by Gasteiger charge is -2.25. The number of carbonyl (C=O) groups excluding carboxylic acids is 2. The number of anilines is 4. The van der Waals surface area contributed by atoms with Crippen LogP contribution in [0.2, 0.25) is 5.02 Å². The molecular weight excluding hydrogens is 339 g/mol. The molecule has 6 N–H and O–H groups in total. The summed E-state index contributed by atoms with van der Waals surface area (Å²) in [5.74, 6) is -2.43. The van der Waals surface area contributed by atoms with Gasteiger partial charge in [0.1, 0.15) is 17.5 Å². The van der Waals surface area contributed by atoms with E-state index in [-0.39, 0.29) is 40.3 Å². The first-order valence-electron chi connectivity index (χ1n) is 6.84. The molecular formula is C14H12ClFN6O2. The fourth-order valence-corrected chi connectivity index (χ4v) is 2.62. The highest BCUT2D eigenvalue weighted by molar-refractivity contribution is 6.31. The predicted octanol–water partition coefficient (Wildman–Crippen LogP) is 1.50. The normalized spacial score (nSPS) is 16.2. The fraction of sp³-hybridized carbons (Fsp3) is 0.143. The molecule has 2 amide bonds. The fourth-order valence-electron chi connectivity index (χ4n) is 2.44. The van der Waals surface area contributed by atoms with Crippen LogP contribution in [0, 0.1) is 5.82 Å². The minimum Gasteiger partial charge on any atom is -0.383 e. The molecule has 0 aliphatic carbocycles. The van der Waals surface area contributed by atoms with E-state index >= 15 is 0 Å². The number of rotatable bonds is 2. The second kappa shape index (κ2) is 5.93. The highest BCUT2D eigenvalue weighted by Crippen LogP contribution is 2.35. The topological polar surface area (TPSA) is 136 Å². The van der Waals surface area contributed by atoms with E-state index in [4.69, 9.17) is 23.1 Å². The van der Waals surface area contributed by atoms with Gasteiger partial charge in [-0.3, -0.25) is 9.59 Å². The molecule has 8 nitrogen and oxygen atoms in total. The molecule has 3 rings (SSSR count). The van der Waals surface area contributed by atoms with Gasteiger partial charge in [-0.05, 0) is 18.2 Å². The minimum absolute atomic E-state index is 0.00906. The summed E-state index contributed by atoms with van der Waals surface area (Å²) in [6.07, 6.45) is -0.134. The number of amides is 2. The molecule has 24 heavy (non-hydrogen) atoms. The monoisotopic (exact) mass is 350 g/mol. The third-order valence-corrected chi connectivity index (χ3v) is 3.78. The van der Waals surface area contributed by atoms with Crippen LogP contribution in [0.1, 0.15) is 17.9 Å². The second-order valence-electron chi connectivity index (χ2n) is 5.15. The molecule has 10 heteroatoms.